The van der Waals surface area contributed by atoms with Crippen LogP contribution in [0.2, 0.25) is 0 Å². The van der Waals surface area contributed by atoms with Gasteiger partial charge in [0, 0.05) is 55.7 Å². The molecule has 1 aromatic carbocycles. The van der Waals surface area contributed by atoms with Crippen LogP contribution in [0.4, 0.5) is 5.82 Å². The van der Waals surface area contributed by atoms with E-state index in [1.165, 1.54) is 12.8 Å². The maximum atomic E-state index is 6.14. The molecule has 0 bridgehead atoms. The highest BCUT2D eigenvalue weighted by molar-refractivity contribution is 5.89. The van der Waals surface area contributed by atoms with Gasteiger partial charge in [-0.1, -0.05) is 6.58 Å². The van der Waals surface area contributed by atoms with E-state index >= 15 is 0 Å². The number of ether oxygens (including phenoxy) is 2. The number of benzene rings is 1. The Balaban J connectivity index is 1.60. The number of likely N-dealkylation sites (N-methyl/N-ethyl adjacent to an activating group) is 1. The van der Waals surface area contributed by atoms with Gasteiger partial charge in [-0.25, -0.2) is 9.97 Å². The third-order valence-electron chi connectivity index (χ3n) is 7.26. The van der Waals surface area contributed by atoms with Crippen LogP contribution >= 0.6 is 0 Å². The van der Waals surface area contributed by atoms with E-state index in [-0.39, 0.29) is 6.10 Å². The number of nitrogens with one attached hydrogen (secondary N) is 1. The molecule has 2 saturated heterocycles. The highest BCUT2D eigenvalue weighted by Gasteiger charge is 2.25. The molecule has 2 aliphatic rings. The number of imidazole rings is 1. The van der Waals surface area contributed by atoms with Crippen molar-refractivity contribution < 1.29 is 9.47 Å². The SMILES string of the molecule is C=C(NC)c1cc(OC)c2c(c1)nc(-c1ccc(N3CCCC3C)nc1)n2C[C@@H]1CN(C)CCO1. The van der Waals surface area contributed by atoms with Gasteiger partial charge in [-0.05, 0) is 51.1 Å². The van der Waals surface area contributed by atoms with Gasteiger partial charge in [-0.2, -0.15) is 0 Å². The Morgan fingerprint density at radius 2 is 2.14 bits per heavy atom. The van der Waals surface area contributed by atoms with E-state index in [0.717, 1.165) is 71.5 Å². The second kappa shape index (κ2) is 9.87. The molecule has 4 heterocycles. The van der Waals surface area contributed by atoms with Crippen molar-refractivity contribution in [1.82, 2.24) is 24.8 Å². The highest BCUT2D eigenvalue weighted by atomic mass is 16.5. The van der Waals surface area contributed by atoms with Gasteiger partial charge in [0.25, 0.3) is 0 Å². The molecule has 0 amide bonds. The number of anilines is 1. The lowest BCUT2D eigenvalue weighted by Crippen LogP contribution is -2.42. The van der Waals surface area contributed by atoms with Crippen LogP contribution in [0.1, 0.15) is 25.3 Å². The summed E-state index contributed by atoms with van der Waals surface area (Å²) in [6.45, 7) is 10.7. The minimum Gasteiger partial charge on any atom is -0.494 e. The number of hydrogen-bond donors (Lipinski definition) is 1. The van der Waals surface area contributed by atoms with Crippen molar-refractivity contribution in [3.63, 3.8) is 0 Å². The molecule has 0 aliphatic carbocycles. The Morgan fingerprint density at radius 1 is 1.29 bits per heavy atom. The Morgan fingerprint density at radius 3 is 2.80 bits per heavy atom. The monoisotopic (exact) mass is 476 g/mol. The van der Waals surface area contributed by atoms with Crippen LogP contribution in [-0.4, -0.2) is 79.0 Å². The van der Waals surface area contributed by atoms with Crippen LogP contribution < -0.4 is 15.0 Å². The molecule has 2 aromatic heterocycles. The first-order chi connectivity index (χ1) is 17.0. The van der Waals surface area contributed by atoms with Gasteiger partial charge in [0.15, 0.2) is 0 Å². The molecule has 0 radical (unpaired) electrons. The molecule has 2 aliphatic heterocycles. The van der Waals surface area contributed by atoms with Crippen molar-refractivity contribution in [1.29, 1.82) is 0 Å². The predicted molar refractivity (Wildman–Crippen MR) is 141 cm³/mol. The number of rotatable bonds is 7. The zero-order chi connectivity index (χ0) is 24.5. The molecule has 35 heavy (non-hydrogen) atoms. The summed E-state index contributed by atoms with van der Waals surface area (Å²) in [5.41, 5.74) is 4.59. The van der Waals surface area contributed by atoms with Gasteiger partial charge in [0.2, 0.25) is 0 Å². The third-order valence-corrected chi connectivity index (χ3v) is 7.26. The second-order valence-electron chi connectivity index (χ2n) is 9.67. The number of fused-ring (bicyclic) bond motifs is 1. The smallest absolute Gasteiger partial charge is 0.145 e. The molecule has 0 spiro atoms. The first-order valence-corrected chi connectivity index (χ1v) is 12.5. The summed E-state index contributed by atoms with van der Waals surface area (Å²) in [4.78, 5) is 14.6. The topological polar surface area (TPSA) is 67.7 Å². The lowest BCUT2D eigenvalue weighted by Gasteiger charge is -2.30. The molecule has 2 fully saturated rings. The van der Waals surface area contributed by atoms with Crippen molar-refractivity contribution in [3.8, 4) is 17.1 Å². The third kappa shape index (κ3) is 4.60. The molecule has 186 valence electrons. The molecular formula is C27H36N6O2. The highest BCUT2D eigenvalue weighted by Crippen LogP contribution is 2.35. The number of nitrogens with zero attached hydrogens (tertiary/aromatic N) is 5. The predicted octanol–water partition coefficient (Wildman–Crippen LogP) is 3.62. The molecule has 5 rings (SSSR count). The Hall–Kier alpha value is -3.10. The van der Waals surface area contributed by atoms with Gasteiger partial charge < -0.3 is 29.2 Å². The van der Waals surface area contributed by atoms with Crippen LogP contribution in [-0.2, 0) is 11.3 Å². The zero-order valence-corrected chi connectivity index (χ0v) is 21.3. The van der Waals surface area contributed by atoms with E-state index in [0.29, 0.717) is 12.6 Å². The van der Waals surface area contributed by atoms with E-state index in [1.807, 2.05) is 19.3 Å². The van der Waals surface area contributed by atoms with Crippen molar-refractivity contribution in [2.24, 2.45) is 0 Å². The molecule has 2 atom stereocenters. The lowest BCUT2D eigenvalue weighted by molar-refractivity contribution is -0.0267. The summed E-state index contributed by atoms with van der Waals surface area (Å²) in [6, 6.07) is 8.88. The maximum absolute atomic E-state index is 6.14. The molecule has 8 nitrogen and oxygen atoms in total. The fraction of sp³-hybridized carbons (Fsp3) is 0.481. The first-order valence-electron chi connectivity index (χ1n) is 12.5. The van der Waals surface area contributed by atoms with Crippen molar-refractivity contribution in [3.05, 3.63) is 42.6 Å². The lowest BCUT2D eigenvalue weighted by atomic mass is 10.1. The zero-order valence-electron chi connectivity index (χ0n) is 21.3. The summed E-state index contributed by atoms with van der Waals surface area (Å²) in [7, 11) is 5.71. The fourth-order valence-electron chi connectivity index (χ4n) is 5.25. The minimum atomic E-state index is 0.0687. The average Bonchev–Trinajstić information content (AvgIpc) is 3.46. The van der Waals surface area contributed by atoms with Crippen LogP contribution in [0, 0.1) is 0 Å². The molecular weight excluding hydrogens is 440 g/mol. The van der Waals surface area contributed by atoms with Gasteiger partial charge in [-0.3, -0.25) is 0 Å². The normalized spacial score (nSPS) is 21.0. The van der Waals surface area contributed by atoms with Crippen LogP contribution in [0.25, 0.3) is 28.1 Å². The maximum Gasteiger partial charge on any atom is 0.145 e. The van der Waals surface area contributed by atoms with Gasteiger partial charge >= 0.3 is 0 Å². The van der Waals surface area contributed by atoms with Gasteiger partial charge in [0.05, 0.1) is 31.9 Å². The molecule has 3 aromatic rings. The molecule has 8 heteroatoms. The number of aromatic nitrogens is 3. The molecule has 0 saturated carbocycles. The fourth-order valence-corrected chi connectivity index (χ4v) is 5.25. The van der Waals surface area contributed by atoms with Crippen LogP contribution in [0.5, 0.6) is 5.75 Å². The van der Waals surface area contributed by atoms with Gasteiger partial charge in [-0.15, -0.1) is 0 Å². The van der Waals surface area contributed by atoms with Crippen molar-refractivity contribution >= 4 is 22.5 Å². The quantitative estimate of drug-likeness (QED) is 0.559. The van der Waals surface area contributed by atoms with E-state index in [2.05, 4.69) is 58.4 Å². The second-order valence-corrected chi connectivity index (χ2v) is 9.67. The average molecular weight is 477 g/mol. The van der Waals surface area contributed by atoms with E-state index in [1.54, 1.807) is 7.11 Å². The largest absolute Gasteiger partial charge is 0.494 e. The minimum absolute atomic E-state index is 0.0687. The van der Waals surface area contributed by atoms with Crippen LogP contribution in [0.3, 0.4) is 0 Å². The number of morpholine rings is 1. The number of pyridine rings is 1. The van der Waals surface area contributed by atoms with E-state index in [4.69, 9.17) is 19.4 Å². The number of hydrogen-bond acceptors (Lipinski definition) is 7. The summed E-state index contributed by atoms with van der Waals surface area (Å²) in [5.74, 6) is 2.67. The Kier molecular flexibility index (Phi) is 6.67. The summed E-state index contributed by atoms with van der Waals surface area (Å²) in [5, 5.41) is 3.13. The van der Waals surface area contributed by atoms with E-state index < -0.39 is 0 Å². The van der Waals surface area contributed by atoms with Gasteiger partial charge in [0.1, 0.15) is 22.9 Å². The Labute approximate surface area is 207 Å². The first kappa shape index (κ1) is 23.6. The summed E-state index contributed by atoms with van der Waals surface area (Å²) in [6.07, 6.45) is 4.45. The van der Waals surface area contributed by atoms with Crippen LogP contribution in [0.15, 0.2) is 37.0 Å². The standard InChI is InChI=1S/C27H36N6O2/c1-18-7-6-10-32(18)25-9-8-20(15-29-25)27-30-23-13-21(19(2)28-3)14-24(34-5)26(23)33(27)17-22-16-31(4)11-12-35-22/h8-9,13-15,18,22,28H,2,6-7,10-12,16-17H2,1,3-5H3/t18?,22-/m0/s1. The van der Waals surface area contributed by atoms with E-state index in [9.17, 15) is 0 Å². The van der Waals surface area contributed by atoms with Crippen molar-refractivity contribution in [2.45, 2.75) is 38.5 Å². The summed E-state index contributed by atoms with van der Waals surface area (Å²) >= 11 is 0. The number of methoxy groups -OCH3 is 1. The summed E-state index contributed by atoms with van der Waals surface area (Å²) < 4.78 is 14.2. The molecule has 1 unspecified atom stereocenters. The van der Waals surface area contributed by atoms with Crippen molar-refractivity contribution in [2.75, 3.05) is 52.3 Å². The Bertz CT molecular complexity index is 1200. The molecule has 1 N–H and O–H groups in total.